The Kier molecular flexibility index (Phi) is 6.56. The molecule has 4 nitrogen and oxygen atoms in total. The lowest BCUT2D eigenvalue weighted by Crippen LogP contribution is -2.44. The number of thioether (sulfide) groups is 1. The molecule has 2 N–H and O–H groups in total. The van der Waals surface area contributed by atoms with Crippen LogP contribution >= 0.6 is 11.8 Å². The lowest BCUT2D eigenvalue weighted by atomic mass is 9.80. The Morgan fingerprint density at radius 2 is 1.88 bits per heavy atom. The monoisotopic (exact) mass is 481 g/mol. The van der Waals surface area contributed by atoms with Crippen molar-refractivity contribution in [3.05, 3.63) is 76.3 Å². The Morgan fingerprint density at radius 3 is 2.50 bits per heavy atom. The van der Waals surface area contributed by atoms with Gasteiger partial charge in [0.1, 0.15) is 22.1 Å². The van der Waals surface area contributed by atoms with Crippen molar-refractivity contribution in [1.82, 2.24) is 4.98 Å². The van der Waals surface area contributed by atoms with Crippen LogP contribution in [0.3, 0.4) is 0 Å². The summed E-state index contributed by atoms with van der Waals surface area (Å²) in [7, 11) is 0. The third-order valence-corrected chi connectivity index (χ3v) is 7.85. The van der Waals surface area contributed by atoms with Crippen molar-refractivity contribution in [1.29, 1.82) is 0 Å². The zero-order valence-electron chi connectivity index (χ0n) is 20.4. The minimum atomic E-state index is -0.808. The summed E-state index contributed by atoms with van der Waals surface area (Å²) in [6.45, 7) is 10.4. The zero-order chi connectivity index (χ0) is 24.7. The number of aromatic amines is 1. The van der Waals surface area contributed by atoms with E-state index < -0.39 is 11.6 Å². The van der Waals surface area contributed by atoms with Crippen LogP contribution in [0.1, 0.15) is 58.6 Å². The van der Waals surface area contributed by atoms with E-state index in [-0.39, 0.29) is 34.2 Å². The molecule has 3 aromatic rings. The number of carbonyl (C=O) groups is 1. The smallest absolute Gasteiger partial charge is 0.349 e. The molecule has 6 heteroatoms. The van der Waals surface area contributed by atoms with Crippen LogP contribution in [0.4, 0.5) is 4.39 Å². The number of H-pyrrole nitrogens is 1. The predicted octanol–water partition coefficient (Wildman–Crippen LogP) is 7.44. The number of esters is 1. The Bertz CT molecular complexity index is 1240. The molecule has 1 aromatic heterocycles. The number of nitrogens with one attached hydrogen (secondary N) is 1. The van der Waals surface area contributed by atoms with E-state index in [9.17, 15) is 14.3 Å². The van der Waals surface area contributed by atoms with Gasteiger partial charge in [0.2, 0.25) is 0 Å². The van der Waals surface area contributed by atoms with Gasteiger partial charge in [-0.25, -0.2) is 9.18 Å². The maximum absolute atomic E-state index is 13.3. The molecule has 1 unspecified atom stereocenters. The largest absolute Gasteiger partial charge is 0.511 e. The first-order valence-electron chi connectivity index (χ1n) is 11.7. The van der Waals surface area contributed by atoms with E-state index in [2.05, 4.69) is 37.9 Å². The van der Waals surface area contributed by atoms with Gasteiger partial charge >= 0.3 is 5.97 Å². The molecule has 0 spiro atoms. The van der Waals surface area contributed by atoms with Crippen molar-refractivity contribution in [3.8, 4) is 0 Å². The van der Waals surface area contributed by atoms with Crippen LogP contribution in [0.25, 0.3) is 10.9 Å². The molecule has 2 aromatic carbocycles. The lowest BCUT2D eigenvalue weighted by Gasteiger charge is -2.40. The van der Waals surface area contributed by atoms with Crippen LogP contribution in [0.5, 0.6) is 0 Å². The van der Waals surface area contributed by atoms with Gasteiger partial charge < -0.3 is 14.8 Å². The number of cyclic esters (lactones) is 1. The number of hydrogen-bond acceptors (Lipinski definition) is 4. The molecule has 1 aliphatic heterocycles. The van der Waals surface area contributed by atoms with Gasteiger partial charge in [-0.15, -0.1) is 0 Å². The first-order valence-corrected chi connectivity index (χ1v) is 12.5. The van der Waals surface area contributed by atoms with E-state index in [1.165, 1.54) is 23.9 Å². The number of ether oxygens (including phenoxy) is 1. The Balaban J connectivity index is 1.63. The SMILES string of the molecule is CC(C)C1(CCc2ccc(F)cc2)CC(O)=C(Sc2cc3cc[nH]c3cc2C(C)(C)C)C(=O)O1. The molecule has 0 saturated heterocycles. The summed E-state index contributed by atoms with van der Waals surface area (Å²) in [5.74, 6) is -0.688. The average molecular weight is 482 g/mol. The molecule has 0 saturated carbocycles. The highest BCUT2D eigenvalue weighted by Gasteiger charge is 2.44. The van der Waals surface area contributed by atoms with Gasteiger partial charge in [-0.3, -0.25) is 0 Å². The fourth-order valence-electron chi connectivity index (χ4n) is 4.47. The summed E-state index contributed by atoms with van der Waals surface area (Å²) >= 11 is 1.28. The predicted molar refractivity (Wildman–Crippen MR) is 136 cm³/mol. The molecule has 1 atom stereocenters. The molecule has 34 heavy (non-hydrogen) atoms. The fraction of sp³-hybridized carbons (Fsp3) is 0.393. The number of halogens is 1. The van der Waals surface area contributed by atoms with Gasteiger partial charge in [0.15, 0.2) is 0 Å². The maximum atomic E-state index is 13.3. The quantitative estimate of drug-likeness (QED) is 0.359. The lowest BCUT2D eigenvalue weighted by molar-refractivity contribution is -0.164. The summed E-state index contributed by atoms with van der Waals surface area (Å²) in [6.07, 6.45) is 3.33. The third kappa shape index (κ3) is 4.88. The first kappa shape index (κ1) is 24.4. The van der Waals surface area contributed by atoms with Gasteiger partial charge in [0.05, 0.1) is 0 Å². The molecule has 0 radical (unpaired) electrons. The highest BCUT2D eigenvalue weighted by Crippen LogP contribution is 2.45. The summed E-state index contributed by atoms with van der Waals surface area (Å²) in [4.78, 5) is 17.7. The molecule has 2 heterocycles. The van der Waals surface area contributed by atoms with Crippen LogP contribution in [0.2, 0.25) is 0 Å². The number of aliphatic hydroxyl groups is 1. The number of aliphatic hydroxyl groups excluding tert-OH is 1. The molecule has 0 fully saturated rings. The van der Waals surface area contributed by atoms with Crippen LogP contribution in [0.15, 0.2) is 64.2 Å². The van der Waals surface area contributed by atoms with Crippen LogP contribution in [-0.4, -0.2) is 21.7 Å². The number of benzene rings is 2. The highest BCUT2D eigenvalue weighted by molar-refractivity contribution is 8.04. The number of carbonyl (C=O) groups excluding carboxylic acids is 1. The Morgan fingerprint density at radius 1 is 1.18 bits per heavy atom. The van der Waals surface area contributed by atoms with Crippen LogP contribution in [0, 0.1) is 11.7 Å². The minimum Gasteiger partial charge on any atom is -0.511 e. The molecule has 0 amide bonds. The molecular weight excluding hydrogens is 449 g/mol. The van der Waals surface area contributed by atoms with Crippen molar-refractivity contribution in [3.63, 3.8) is 0 Å². The number of aromatic nitrogens is 1. The molecule has 1 aliphatic rings. The highest BCUT2D eigenvalue weighted by atomic mass is 32.2. The molecule has 180 valence electrons. The number of aryl methyl sites for hydroxylation is 1. The van der Waals surface area contributed by atoms with Crippen molar-refractivity contribution < 1.29 is 19.0 Å². The first-order chi connectivity index (χ1) is 16.0. The van der Waals surface area contributed by atoms with E-state index in [1.54, 1.807) is 12.1 Å². The van der Waals surface area contributed by atoms with E-state index in [0.717, 1.165) is 26.9 Å². The third-order valence-electron chi connectivity index (χ3n) is 6.69. The van der Waals surface area contributed by atoms with Gasteiger partial charge in [0.25, 0.3) is 0 Å². The van der Waals surface area contributed by atoms with E-state index >= 15 is 0 Å². The van der Waals surface area contributed by atoms with E-state index in [4.69, 9.17) is 4.74 Å². The minimum absolute atomic E-state index is 0.00643. The average Bonchev–Trinajstić information content (AvgIpc) is 3.22. The van der Waals surface area contributed by atoms with E-state index in [0.29, 0.717) is 12.8 Å². The second-order valence-electron chi connectivity index (χ2n) is 10.5. The molecule has 0 aliphatic carbocycles. The van der Waals surface area contributed by atoms with E-state index in [1.807, 2.05) is 26.1 Å². The second-order valence-corrected chi connectivity index (χ2v) is 11.5. The van der Waals surface area contributed by atoms with Gasteiger partial charge in [0, 0.05) is 28.4 Å². The number of fused-ring (bicyclic) bond motifs is 1. The normalized spacial score (nSPS) is 19.2. The molecular formula is C28H32FNO3S. The summed E-state index contributed by atoms with van der Waals surface area (Å²) < 4.78 is 19.3. The standard InChI is InChI=1S/C28H32FNO3S/c1-17(2)28(12-10-18-6-8-20(29)9-7-18)16-23(31)25(26(32)33-28)34-24-14-19-11-13-30-22(19)15-21(24)27(3,4)5/h6-9,11,13-15,17,30-31H,10,12,16H2,1-5H3. The fourth-order valence-corrected chi connectivity index (χ4v) is 5.66. The Labute approximate surface area is 204 Å². The van der Waals surface area contributed by atoms with Crippen molar-refractivity contribution in [2.45, 2.75) is 69.8 Å². The summed E-state index contributed by atoms with van der Waals surface area (Å²) in [5.41, 5.74) is 2.15. The number of hydrogen-bond donors (Lipinski definition) is 2. The number of rotatable bonds is 6. The zero-order valence-corrected chi connectivity index (χ0v) is 21.2. The Hall–Kier alpha value is -2.73. The molecule has 0 bridgehead atoms. The van der Waals surface area contributed by atoms with Crippen molar-refractivity contribution >= 4 is 28.6 Å². The maximum Gasteiger partial charge on any atom is 0.349 e. The molecule has 4 rings (SSSR count). The van der Waals surface area contributed by atoms with Crippen LogP contribution in [-0.2, 0) is 21.4 Å². The van der Waals surface area contributed by atoms with Crippen molar-refractivity contribution in [2.24, 2.45) is 5.92 Å². The summed E-state index contributed by atoms with van der Waals surface area (Å²) in [6, 6.07) is 12.5. The topological polar surface area (TPSA) is 62.3 Å². The van der Waals surface area contributed by atoms with Crippen LogP contribution < -0.4 is 0 Å². The summed E-state index contributed by atoms with van der Waals surface area (Å²) in [5, 5.41) is 12.1. The second kappa shape index (κ2) is 9.14. The van der Waals surface area contributed by atoms with Crippen molar-refractivity contribution in [2.75, 3.05) is 0 Å². The van der Waals surface area contributed by atoms with Gasteiger partial charge in [-0.05, 0) is 65.6 Å². The van der Waals surface area contributed by atoms with Gasteiger partial charge in [-0.2, -0.15) is 0 Å². The van der Waals surface area contributed by atoms with Gasteiger partial charge in [-0.1, -0.05) is 58.5 Å².